The third kappa shape index (κ3) is 4.56. The van der Waals surface area contributed by atoms with Crippen LogP contribution in [0.25, 0.3) is 10.9 Å². The second kappa shape index (κ2) is 9.62. The van der Waals surface area contributed by atoms with Crippen LogP contribution in [0, 0.1) is 11.8 Å². The predicted molar refractivity (Wildman–Crippen MR) is 146 cm³/mol. The topological polar surface area (TPSA) is 83.7 Å². The fourth-order valence-electron chi connectivity index (χ4n) is 6.67. The van der Waals surface area contributed by atoms with Gasteiger partial charge in [-0.05, 0) is 56.5 Å². The molecule has 4 heterocycles. The van der Waals surface area contributed by atoms with Crippen molar-refractivity contribution >= 4 is 34.3 Å². The van der Waals surface area contributed by atoms with Gasteiger partial charge in [0.15, 0.2) is 0 Å². The molecular formula is C30H34ClN3O4. The van der Waals surface area contributed by atoms with Gasteiger partial charge in [0.05, 0.1) is 12.2 Å². The fraction of sp³-hybridized carbons (Fsp3) is 0.467. The summed E-state index contributed by atoms with van der Waals surface area (Å²) in [6.45, 7) is 6.91. The van der Waals surface area contributed by atoms with E-state index in [0.717, 1.165) is 40.6 Å². The molecule has 2 aromatic carbocycles. The summed E-state index contributed by atoms with van der Waals surface area (Å²) in [4.78, 5) is 31.1. The van der Waals surface area contributed by atoms with E-state index in [2.05, 4.69) is 24.1 Å². The van der Waals surface area contributed by atoms with E-state index in [1.54, 1.807) is 0 Å². The third-order valence-electron chi connectivity index (χ3n) is 8.54. The summed E-state index contributed by atoms with van der Waals surface area (Å²) >= 11 is 6.33. The number of piperidine rings is 1. The van der Waals surface area contributed by atoms with E-state index >= 15 is 0 Å². The molecule has 3 aromatic rings. The first-order valence-corrected chi connectivity index (χ1v) is 13.8. The van der Waals surface area contributed by atoms with Gasteiger partial charge in [-0.2, -0.15) is 0 Å². The first-order chi connectivity index (χ1) is 18.2. The fourth-order valence-corrected chi connectivity index (χ4v) is 6.85. The molecule has 2 saturated heterocycles. The molecule has 7 nitrogen and oxygen atoms in total. The number of amides is 2. The molecule has 2 amide bonds. The zero-order chi connectivity index (χ0) is 26.6. The van der Waals surface area contributed by atoms with Crippen LogP contribution < -0.4 is 10.1 Å². The highest BCUT2D eigenvalue weighted by molar-refractivity contribution is 6.30. The minimum absolute atomic E-state index is 0.0395. The number of para-hydroxylation sites is 1. The van der Waals surface area contributed by atoms with Gasteiger partial charge < -0.3 is 24.7 Å². The number of nitrogens with zero attached hydrogens (tertiary/aromatic N) is 1. The molecule has 0 radical (unpaired) electrons. The highest BCUT2D eigenvalue weighted by atomic mass is 35.5. The number of carbonyl (C=O) groups is 2. The van der Waals surface area contributed by atoms with Crippen molar-refractivity contribution in [1.82, 2.24) is 15.2 Å². The van der Waals surface area contributed by atoms with Gasteiger partial charge in [-0.15, -0.1) is 0 Å². The zero-order valence-corrected chi connectivity index (χ0v) is 22.8. The molecule has 3 aliphatic rings. The first kappa shape index (κ1) is 25.3. The molecule has 0 spiro atoms. The SMILES string of the molecule is CC(=O)N[C@H](Cc1c[nH]c2ccccc12)C(=O)N1CC[C@H]2O[C@H]3c4cc(Cl)ccc4OC(C)(C)[C@@H]3C[C@H]2C1. The molecule has 1 aromatic heterocycles. The number of nitrogens with one attached hydrogen (secondary N) is 2. The quantitative estimate of drug-likeness (QED) is 0.490. The molecule has 0 bridgehead atoms. The average molecular weight is 536 g/mol. The van der Waals surface area contributed by atoms with E-state index in [-0.39, 0.29) is 35.9 Å². The molecule has 6 rings (SSSR count). The van der Waals surface area contributed by atoms with Gasteiger partial charge >= 0.3 is 0 Å². The standard InChI is InChI=1S/C30H34ClN3O4/c1-17(35)33-25(13-18-15-32-24-7-5-4-6-21(18)24)29(36)34-11-10-26-19(16-34)12-23-28(37-26)22-14-20(31)8-9-27(22)38-30(23,2)3/h4-9,14-15,19,23,25-26,28,32H,10-13,16H2,1-3H3,(H,33,35)/t19-,23+,25+,26+,28-/m0/s1. The Balaban J connectivity index is 1.20. The number of carbonyl (C=O) groups excluding carboxylic acids is 2. The number of likely N-dealkylation sites (tertiary alicyclic amines) is 1. The largest absolute Gasteiger partial charge is 0.487 e. The molecule has 38 heavy (non-hydrogen) atoms. The number of benzene rings is 2. The summed E-state index contributed by atoms with van der Waals surface area (Å²) in [5.74, 6) is 0.926. The van der Waals surface area contributed by atoms with Crippen LogP contribution in [0.3, 0.4) is 0 Å². The number of fused-ring (bicyclic) bond motifs is 5. The Kier molecular flexibility index (Phi) is 6.39. The monoisotopic (exact) mass is 535 g/mol. The van der Waals surface area contributed by atoms with E-state index in [1.165, 1.54) is 6.92 Å². The van der Waals surface area contributed by atoms with E-state index in [9.17, 15) is 9.59 Å². The number of halogens is 1. The molecular weight excluding hydrogens is 502 g/mol. The van der Waals surface area contributed by atoms with Gasteiger partial charge in [0.1, 0.15) is 17.4 Å². The molecule has 3 aliphatic heterocycles. The number of ether oxygens (including phenoxy) is 2. The number of rotatable bonds is 4. The van der Waals surface area contributed by atoms with Crippen molar-refractivity contribution < 1.29 is 19.1 Å². The molecule has 2 fully saturated rings. The minimum atomic E-state index is -0.621. The molecule has 0 saturated carbocycles. The lowest BCUT2D eigenvalue weighted by molar-refractivity contribution is -0.189. The Morgan fingerprint density at radius 3 is 2.87 bits per heavy atom. The Hall–Kier alpha value is -3.03. The number of hydrogen-bond acceptors (Lipinski definition) is 4. The zero-order valence-electron chi connectivity index (χ0n) is 22.0. The van der Waals surface area contributed by atoms with Gasteiger partial charge in [-0.3, -0.25) is 9.59 Å². The van der Waals surface area contributed by atoms with Gasteiger partial charge in [0, 0.05) is 66.0 Å². The third-order valence-corrected chi connectivity index (χ3v) is 8.77. The number of hydrogen-bond donors (Lipinski definition) is 2. The van der Waals surface area contributed by atoms with E-state index in [4.69, 9.17) is 21.1 Å². The van der Waals surface area contributed by atoms with Crippen LogP contribution >= 0.6 is 11.6 Å². The molecule has 0 aliphatic carbocycles. The van der Waals surface area contributed by atoms with Crippen molar-refractivity contribution in [3.05, 3.63) is 64.8 Å². The maximum atomic E-state index is 13.8. The Morgan fingerprint density at radius 1 is 1.24 bits per heavy atom. The van der Waals surface area contributed by atoms with Gasteiger partial charge in [0.25, 0.3) is 0 Å². The highest BCUT2D eigenvalue weighted by Crippen LogP contribution is 2.53. The van der Waals surface area contributed by atoms with Gasteiger partial charge in [-0.1, -0.05) is 29.8 Å². The Bertz CT molecular complexity index is 1380. The molecule has 2 N–H and O–H groups in total. The van der Waals surface area contributed by atoms with E-state index in [0.29, 0.717) is 24.5 Å². The molecule has 8 heteroatoms. The maximum Gasteiger partial charge on any atom is 0.245 e. The van der Waals surface area contributed by atoms with Gasteiger partial charge in [-0.25, -0.2) is 0 Å². The summed E-state index contributed by atoms with van der Waals surface area (Å²) in [5, 5.41) is 4.67. The molecule has 5 atom stereocenters. The van der Waals surface area contributed by atoms with Gasteiger partial charge in [0.2, 0.25) is 11.8 Å². The van der Waals surface area contributed by atoms with Crippen molar-refractivity contribution in [2.45, 2.75) is 63.9 Å². The lowest BCUT2D eigenvalue weighted by atomic mass is 9.70. The van der Waals surface area contributed by atoms with Crippen molar-refractivity contribution in [3.63, 3.8) is 0 Å². The van der Waals surface area contributed by atoms with Crippen LogP contribution in [-0.4, -0.2) is 52.5 Å². The summed E-state index contributed by atoms with van der Waals surface area (Å²) in [6.07, 6.45) is 4.01. The summed E-state index contributed by atoms with van der Waals surface area (Å²) in [6, 6.07) is 13.1. The number of aromatic amines is 1. The Morgan fingerprint density at radius 2 is 2.05 bits per heavy atom. The minimum Gasteiger partial charge on any atom is -0.487 e. The lowest BCUT2D eigenvalue weighted by Gasteiger charge is -2.53. The highest BCUT2D eigenvalue weighted by Gasteiger charge is 2.51. The second-order valence-electron chi connectivity index (χ2n) is 11.5. The normalized spacial score (nSPS) is 26.5. The summed E-state index contributed by atoms with van der Waals surface area (Å²) < 4.78 is 13.2. The molecule has 200 valence electrons. The maximum absolute atomic E-state index is 13.8. The summed E-state index contributed by atoms with van der Waals surface area (Å²) in [5.41, 5.74) is 2.65. The van der Waals surface area contributed by atoms with Crippen LogP contribution in [0.15, 0.2) is 48.7 Å². The number of H-pyrrole nitrogens is 1. The average Bonchev–Trinajstić information content (AvgIpc) is 3.29. The van der Waals surface area contributed by atoms with Crippen LogP contribution in [0.1, 0.15) is 50.8 Å². The molecule has 0 unspecified atom stereocenters. The number of aromatic nitrogens is 1. The van der Waals surface area contributed by atoms with Crippen LogP contribution in [0.2, 0.25) is 5.02 Å². The van der Waals surface area contributed by atoms with E-state index in [1.807, 2.05) is 53.6 Å². The predicted octanol–water partition coefficient (Wildman–Crippen LogP) is 5.03. The second-order valence-corrected chi connectivity index (χ2v) is 11.9. The lowest BCUT2D eigenvalue weighted by Crippen LogP contribution is -2.58. The van der Waals surface area contributed by atoms with Crippen molar-refractivity contribution in [2.75, 3.05) is 13.1 Å². The van der Waals surface area contributed by atoms with Crippen LogP contribution in [0.4, 0.5) is 0 Å². The van der Waals surface area contributed by atoms with Crippen molar-refractivity contribution in [2.24, 2.45) is 11.8 Å². The smallest absolute Gasteiger partial charge is 0.245 e. The Labute approximate surface area is 227 Å². The van der Waals surface area contributed by atoms with E-state index < -0.39 is 11.6 Å². The van der Waals surface area contributed by atoms with Crippen LogP contribution in [0.5, 0.6) is 5.75 Å². The summed E-state index contributed by atoms with van der Waals surface area (Å²) in [7, 11) is 0. The first-order valence-electron chi connectivity index (χ1n) is 13.4. The van der Waals surface area contributed by atoms with Crippen molar-refractivity contribution in [1.29, 1.82) is 0 Å². The van der Waals surface area contributed by atoms with Crippen LogP contribution in [-0.2, 0) is 20.7 Å². The van der Waals surface area contributed by atoms with Crippen molar-refractivity contribution in [3.8, 4) is 5.75 Å².